The molecule has 2 rings (SSSR count). The van der Waals surface area contributed by atoms with E-state index in [-0.39, 0.29) is 17.3 Å². The number of aromatic nitrogens is 4. The van der Waals surface area contributed by atoms with Crippen molar-refractivity contribution >= 4 is 0 Å². The number of ether oxygens (including phenoxy) is 1. The first-order chi connectivity index (χ1) is 8.24. The first-order valence-corrected chi connectivity index (χ1v) is 5.04. The van der Waals surface area contributed by atoms with Gasteiger partial charge in [-0.25, -0.2) is 14.4 Å². The van der Waals surface area contributed by atoms with E-state index >= 15 is 0 Å². The van der Waals surface area contributed by atoms with Gasteiger partial charge in [-0.3, -0.25) is 5.10 Å². The highest BCUT2D eigenvalue weighted by Gasteiger charge is 2.20. The molecule has 7 heteroatoms. The maximum Gasteiger partial charge on any atom is 0.250 e. The molecule has 1 unspecified atom stereocenters. The zero-order valence-corrected chi connectivity index (χ0v) is 9.09. The van der Waals surface area contributed by atoms with E-state index < -0.39 is 11.9 Å². The Morgan fingerprint density at radius 3 is 3.00 bits per heavy atom. The second-order valence-corrected chi connectivity index (χ2v) is 3.23. The van der Waals surface area contributed by atoms with Crippen LogP contribution in [0.1, 0.15) is 24.4 Å². The summed E-state index contributed by atoms with van der Waals surface area (Å²) in [5, 5.41) is 16.0. The number of H-pyrrole nitrogens is 1. The predicted octanol–water partition coefficient (Wildman–Crippen LogP) is 0.819. The Labute approximate surface area is 96.5 Å². The fraction of sp³-hybridized carbons (Fsp3) is 0.300. The zero-order chi connectivity index (χ0) is 12.3. The van der Waals surface area contributed by atoms with Crippen LogP contribution in [0.2, 0.25) is 0 Å². The van der Waals surface area contributed by atoms with Crippen molar-refractivity contribution in [2.45, 2.75) is 13.0 Å². The number of aromatic amines is 1. The van der Waals surface area contributed by atoms with Gasteiger partial charge in [-0.1, -0.05) is 0 Å². The van der Waals surface area contributed by atoms with Crippen molar-refractivity contribution in [3.63, 3.8) is 0 Å². The van der Waals surface area contributed by atoms with Crippen LogP contribution >= 0.6 is 0 Å². The number of nitrogens with one attached hydrogen (secondary N) is 1. The lowest BCUT2D eigenvalue weighted by Gasteiger charge is -2.11. The molecule has 17 heavy (non-hydrogen) atoms. The van der Waals surface area contributed by atoms with E-state index in [0.29, 0.717) is 6.61 Å². The predicted molar refractivity (Wildman–Crippen MR) is 55.8 cm³/mol. The van der Waals surface area contributed by atoms with Crippen molar-refractivity contribution in [3.05, 3.63) is 35.8 Å². The topological polar surface area (TPSA) is 83.9 Å². The van der Waals surface area contributed by atoms with Gasteiger partial charge in [0, 0.05) is 11.8 Å². The van der Waals surface area contributed by atoms with Crippen LogP contribution < -0.4 is 4.74 Å². The Morgan fingerprint density at radius 1 is 1.53 bits per heavy atom. The molecule has 2 aromatic heterocycles. The van der Waals surface area contributed by atoms with Crippen LogP contribution in [-0.2, 0) is 0 Å². The summed E-state index contributed by atoms with van der Waals surface area (Å²) >= 11 is 0. The summed E-state index contributed by atoms with van der Waals surface area (Å²) in [6, 6.07) is 1.37. The lowest BCUT2D eigenvalue weighted by Crippen LogP contribution is -2.07. The maximum atomic E-state index is 13.9. The molecule has 0 bridgehead atoms. The summed E-state index contributed by atoms with van der Waals surface area (Å²) in [5.41, 5.74) is 0.0419. The number of aliphatic hydroxyl groups excluding tert-OH is 1. The number of rotatable bonds is 4. The molecule has 0 radical (unpaired) electrons. The minimum Gasteiger partial charge on any atom is -0.476 e. The van der Waals surface area contributed by atoms with Gasteiger partial charge in [0.25, 0.3) is 5.88 Å². The van der Waals surface area contributed by atoms with Crippen LogP contribution in [0.3, 0.4) is 0 Å². The molecule has 0 fully saturated rings. The van der Waals surface area contributed by atoms with Crippen LogP contribution in [0.4, 0.5) is 4.39 Å². The number of pyridine rings is 1. The normalized spacial score (nSPS) is 12.4. The summed E-state index contributed by atoms with van der Waals surface area (Å²) in [5.74, 6) is -0.667. The summed E-state index contributed by atoms with van der Waals surface area (Å²) in [6.07, 6.45) is 1.38. The van der Waals surface area contributed by atoms with E-state index in [2.05, 4.69) is 20.2 Å². The summed E-state index contributed by atoms with van der Waals surface area (Å²) in [6.45, 7) is 2.02. The number of nitrogens with zero attached hydrogens (tertiary/aromatic N) is 3. The summed E-state index contributed by atoms with van der Waals surface area (Å²) in [4.78, 5) is 7.50. The van der Waals surface area contributed by atoms with E-state index in [4.69, 9.17) is 4.74 Å². The molecule has 0 amide bonds. The molecule has 0 aromatic carbocycles. The van der Waals surface area contributed by atoms with E-state index in [1.165, 1.54) is 18.6 Å². The molecule has 0 aliphatic carbocycles. The van der Waals surface area contributed by atoms with E-state index in [0.717, 1.165) is 0 Å². The highest BCUT2D eigenvalue weighted by Crippen LogP contribution is 2.25. The molecule has 0 aliphatic rings. The van der Waals surface area contributed by atoms with Gasteiger partial charge in [-0.05, 0) is 13.0 Å². The van der Waals surface area contributed by atoms with Gasteiger partial charge in [0.15, 0.2) is 11.6 Å². The molecule has 2 heterocycles. The van der Waals surface area contributed by atoms with Gasteiger partial charge in [0.05, 0.1) is 6.61 Å². The molecule has 0 aliphatic heterocycles. The second kappa shape index (κ2) is 4.88. The molecular weight excluding hydrogens is 227 g/mol. The Morgan fingerprint density at radius 2 is 2.35 bits per heavy atom. The van der Waals surface area contributed by atoms with Crippen molar-refractivity contribution < 1.29 is 14.2 Å². The van der Waals surface area contributed by atoms with Crippen molar-refractivity contribution in [1.29, 1.82) is 0 Å². The molecule has 0 spiro atoms. The van der Waals surface area contributed by atoms with Crippen LogP contribution in [0, 0.1) is 5.82 Å². The molecule has 0 saturated heterocycles. The highest BCUT2D eigenvalue weighted by atomic mass is 19.1. The fourth-order valence-corrected chi connectivity index (χ4v) is 1.38. The smallest absolute Gasteiger partial charge is 0.250 e. The Balaban J connectivity index is 2.35. The second-order valence-electron chi connectivity index (χ2n) is 3.23. The van der Waals surface area contributed by atoms with Gasteiger partial charge in [-0.2, -0.15) is 5.10 Å². The third-order valence-electron chi connectivity index (χ3n) is 2.16. The number of hydrogen-bond donors (Lipinski definition) is 2. The molecule has 2 aromatic rings. The third-order valence-corrected chi connectivity index (χ3v) is 2.16. The number of halogens is 1. The van der Waals surface area contributed by atoms with Gasteiger partial charge < -0.3 is 9.84 Å². The van der Waals surface area contributed by atoms with Crippen molar-refractivity contribution in [1.82, 2.24) is 20.2 Å². The Kier molecular flexibility index (Phi) is 3.29. The minimum atomic E-state index is -1.22. The zero-order valence-electron chi connectivity index (χ0n) is 9.09. The van der Waals surface area contributed by atoms with Crippen LogP contribution in [-0.4, -0.2) is 31.9 Å². The average Bonchev–Trinajstić information content (AvgIpc) is 2.85. The van der Waals surface area contributed by atoms with Crippen molar-refractivity contribution in [2.24, 2.45) is 0 Å². The van der Waals surface area contributed by atoms with Gasteiger partial charge in [0.1, 0.15) is 12.4 Å². The van der Waals surface area contributed by atoms with Crippen LogP contribution in [0.25, 0.3) is 0 Å². The lowest BCUT2D eigenvalue weighted by molar-refractivity contribution is 0.202. The number of aliphatic hydroxyl groups is 1. The minimum absolute atomic E-state index is 0.0419. The SMILES string of the molecule is CCOc1nccc(C(O)c2ncn[nH]2)c1F. The monoisotopic (exact) mass is 238 g/mol. The molecule has 90 valence electrons. The summed E-state index contributed by atoms with van der Waals surface area (Å²) < 4.78 is 18.9. The summed E-state index contributed by atoms with van der Waals surface area (Å²) in [7, 11) is 0. The largest absolute Gasteiger partial charge is 0.476 e. The van der Waals surface area contributed by atoms with Gasteiger partial charge in [-0.15, -0.1) is 0 Å². The van der Waals surface area contributed by atoms with Gasteiger partial charge >= 0.3 is 0 Å². The lowest BCUT2D eigenvalue weighted by atomic mass is 10.1. The highest BCUT2D eigenvalue weighted by molar-refractivity contribution is 5.28. The first-order valence-electron chi connectivity index (χ1n) is 5.04. The fourth-order valence-electron chi connectivity index (χ4n) is 1.38. The van der Waals surface area contributed by atoms with Gasteiger partial charge in [0.2, 0.25) is 0 Å². The molecule has 2 N–H and O–H groups in total. The Bertz CT molecular complexity index is 489. The molecular formula is C10H11FN4O2. The number of hydrogen-bond acceptors (Lipinski definition) is 5. The Hall–Kier alpha value is -2.02. The van der Waals surface area contributed by atoms with Crippen LogP contribution in [0.15, 0.2) is 18.6 Å². The first kappa shape index (κ1) is 11.5. The van der Waals surface area contributed by atoms with Crippen molar-refractivity contribution in [3.8, 4) is 5.88 Å². The van der Waals surface area contributed by atoms with E-state index in [1.54, 1.807) is 6.92 Å². The van der Waals surface area contributed by atoms with Crippen LogP contribution in [0.5, 0.6) is 5.88 Å². The van der Waals surface area contributed by atoms with E-state index in [1.807, 2.05) is 0 Å². The van der Waals surface area contributed by atoms with E-state index in [9.17, 15) is 9.50 Å². The molecule has 0 saturated carbocycles. The maximum absolute atomic E-state index is 13.9. The average molecular weight is 238 g/mol. The molecule has 6 nitrogen and oxygen atoms in total. The standard InChI is InChI=1S/C10H11FN4O2/c1-2-17-10-7(11)6(3-4-12-10)8(16)9-13-5-14-15-9/h3-5,8,16H,2H2,1H3,(H,13,14,15). The molecule has 1 atom stereocenters. The van der Waals surface area contributed by atoms with Crippen molar-refractivity contribution in [2.75, 3.05) is 6.61 Å². The third kappa shape index (κ3) is 2.23. The quantitative estimate of drug-likeness (QED) is 0.823.